The molecule has 0 fully saturated rings. The summed E-state index contributed by atoms with van der Waals surface area (Å²) in [7, 11) is 3.23. The Balaban J connectivity index is 2.61. The zero-order valence-electron chi connectivity index (χ0n) is 11.6. The van der Waals surface area contributed by atoms with Crippen LogP contribution in [0.3, 0.4) is 0 Å². The van der Waals surface area contributed by atoms with Crippen LogP contribution in [0, 0.1) is 0 Å². The van der Waals surface area contributed by atoms with E-state index in [0.29, 0.717) is 26.2 Å². The molecule has 5 heteroatoms. The molecule has 1 aromatic carbocycles. The van der Waals surface area contributed by atoms with Crippen molar-refractivity contribution in [2.24, 2.45) is 0 Å². The Labute approximate surface area is 114 Å². The van der Waals surface area contributed by atoms with E-state index >= 15 is 0 Å². The fraction of sp³-hybridized carbons (Fsp3) is 0.571. The van der Waals surface area contributed by atoms with Crippen molar-refractivity contribution in [2.45, 2.75) is 6.10 Å². The van der Waals surface area contributed by atoms with Crippen LogP contribution in [0.15, 0.2) is 24.3 Å². The standard InChI is InChI=1S/C14H23NO4/c1-18-9-7-15(6-8-16)11-14(17)12-4-3-5-13(10-12)19-2/h3-5,10,14,16-17H,6-9,11H2,1-2H3. The average Bonchev–Trinajstić information content (AvgIpc) is 2.45. The summed E-state index contributed by atoms with van der Waals surface area (Å²) >= 11 is 0. The molecule has 1 aromatic rings. The number of hydrogen-bond donors (Lipinski definition) is 2. The van der Waals surface area contributed by atoms with Crippen LogP contribution in [-0.4, -0.2) is 62.2 Å². The lowest BCUT2D eigenvalue weighted by Crippen LogP contribution is -2.34. The lowest BCUT2D eigenvalue weighted by molar-refractivity contribution is 0.0778. The quantitative estimate of drug-likeness (QED) is 0.690. The summed E-state index contributed by atoms with van der Waals surface area (Å²) in [5, 5.41) is 19.2. The van der Waals surface area contributed by atoms with Gasteiger partial charge in [0.05, 0.1) is 26.4 Å². The number of aliphatic hydroxyl groups is 2. The maximum Gasteiger partial charge on any atom is 0.119 e. The summed E-state index contributed by atoms with van der Waals surface area (Å²) in [6, 6.07) is 7.37. The van der Waals surface area contributed by atoms with Crippen molar-refractivity contribution in [1.82, 2.24) is 4.90 Å². The summed E-state index contributed by atoms with van der Waals surface area (Å²) in [4.78, 5) is 1.97. The minimum Gasteiger partial charge on any atom is -0.497 e. The van der Waals surface area contributed by atoms with E-state index in [1.54, 1.807) is 14.2 Å². The number of ether oxygens (including phenoxy) is 2. The average molecular weight is 269 g/mol. The highest BCUT2D eigenvalue weighted by Crippen LogP contribution is 2.19. The van der Waals surface area contributed by atoms with Gasteiger partial charge in [0.1, 0.15) is 5.75 Å². The smallest absolute Gasteiger partial charge is 0.119 e. The molecule has 108 valence electrons. The Morgan fingerprint density at radius 1 is 1.26 bits per heavy atom. The highest BCUT2D eigenvalue weighted by atomic mass is 16.5. The molecule has 0 aliphatic rings. The van der Waals surface area contributed by atoms with Crippen LogP contribution in [0.1, 0.15) is 11.7 Å². The first-order valence-corrected chi connectivity index (χ1v) is 6.35. The first-order valence-electron chi connectivity index (χ1n) is 6.35. The van der Waals surface area contributed by atoms with E-state index in [1.165, 1.54) is 0 Å². The lowest BCUT2D eigenvalue weighted by atomic mass is 10.1. The van der Waals surface area contributed by atoms with Crippen LogP contribution in [-0.2, 0) is 4.74 Å². The minimum atomic E-state index is -0.612. The van der Waals surface area contributed by atoms with E-state index in [0.717, 1.165) is 11.3 Å². The maximum atomic E-state index is 10.2. The van der Waals surface area contributed by atoms with E-state index in [9.17, 15) is 5.11 Å². The Morgan fingerprint density at radius 3 is 2.68 bits per heavy atom. The summed E-state index contributed by atoms with van der Waals surface area (Å²) in [5.41, 5.74) is 0.805. The molecule has 0 amide bonds. The number of hydrogen-bond acceptors (Lipinski definition) is 5. The van der Waals surface area contributed by atoms with E-state index in [4.69, 9.17) is 14.6 Å². The Bertz CT molecular complexity index is 359. The zero-order chi connectivity index (χ0) is 14.1. The second-order valence-corrected chi connectivity index (χ2v) is 4.31. The van der Waals surface area contributed by atoms with E-state index in [1.807, 2.05) is 29.2 Å². The molecule has 19 heavy (non-hydrogen) atoms. The third kappa shape index (κ3) is 5.57. The van der Waals surface area contributed by atoms with Crippen molar-refractivity contribution < 1.29 is 19.7 Å². The van der Waals surface area contributed by atoms with Gasteiger partial charge in [0.15, 0.2) is 0 Å². The van der Waals surface area contributed by atoms with Crippen LogP contribution >= 0.6 is 0 Å². The summed E-state index contributed by atoms with van der Waals surface area (Å²) in [6.45, 7) is 2.29. The molecular formula is C14H23NO4. The second-order valence-electron chi connectivity index (χ2n) is 4.31. The van der Waals surface area contributed by atoms with Crippen molar-refractivity contribution in [2.75, 3.05) is 47.1 Å². The van der Waals surface area contributed by atoms with Gasteiger partial charge in [-0.2, -0.15) is 0 Å². The molecule has 0 saturated heterocycles. The van der Waals surface area contributed by atoms with Gasteiger partial charge in [0.25, 0.3) is 0 Å². The van der Waals surface area contributed by atoms with Gasteiger partial charge >= 0.3 is 0 Å². The summed E-state index contributed by atoms with van der Waals surface area (Å²) < 4.78 is 10.2. The molecule has 0 saturated carbocycles. The van der Waals surface area contributed by atoms with Crippen LogP contribution in [0.4, 0.5) is 0 Å². The van der Waals surface area contributed by atoms with Crippen LogP contribution < -0.4 is 4.74 Å². The van der Waals surface area contributed by atoms with Crippen molar-refractivity contribution in [1.29, 1.82) is 0 Å². The number of nitrogens with zero attached hydrogens (tertiary/aromatic N) is 1. The molecule has 5 nitrogen and oxygen atoms in total. The highest BCUT2D eigenvalue weighted by molar-refractivity contribution is 5.29. The molecule has 1 unspecified atom stereocenters. The normalized spacial score (nSPS) is 12.7. The Hall–Kier alpha value is -1.14. The SMILES string of the molecule is COCCN(CCO)CC(O)c1cccc(OC)c1. The monoisotopic (exact) mass is 269 g/mol. The van der Waals surface area contributed by atoms with Crippen molar-refractivity contribution in [3.8, 4) is 5.75 Å². The van der Waals surface area contributed by atoms with Gasteiger partial charge in [-0.25, -0.2) is 0 Å². The van der Waals surface area contributed by atoms with Crippen LogP contribution in [0.25, 0.3) is 0 Å². The first-order chi connectivity index (χ1) is 9.21. The van der Waals surface area contributed by atoms with Gasteiger partial charge in [0, 0.05) is 26.7 Å². The van der Waals surface area contributed by atoms with Crippen molar-refractivity contribution in [3.63, 3.8) is 0 Å². The number of rotatable bonds is 9. The first kappa shape index (κ1) is 15.9. The fourth-order valence-electron chi connectivity index (χ4n) is 1.85. The number of aliphatic hydroxyl groups excluding tert-OH is 2. The van der Waals surface area contributed by atoms with E-state index < -0.39 is 6.10 Å². The molecule has 0 aromatic heterocycles. The molecule has 1 rings (SSSR count). The predicted octanol–water partition coefficient (Wildman–Crippen LogP) is 0.669. The van der Waals surface area contributed by atoms with Crippen LogP contribution in [0.2, 0.25) is 0 Å². The lowest BCUT2D eigenvalue weighted by Gasteiger charge is -2.24. The third-order valence-corrected chi connectivity index (χ3v) is 2.94. The fourth-order valence-corrected chi connectivity index (χ4v) is 1.85. The molecule has 1 atom stereocenters. The maximum absolute atomic E-state index is 10.2. The molecule has 0 heterocycles. The largest absolute Gasteiger partial charge is 0.497 e. The topological polar surface area (TPSA) is 62.2 Å². The molecule has 0 radical (unpaired) electrons. The Kier molecular flexibility index (Phi) is 7.43. The minimum absolute atomic E-state index is 0.0640. The van der Waals surface area contributed by atoms with Gasteiger partial charge in [0.2, 0.25) is 0 Å². The zero-order valence-corrected chi connectivity index (χ0v) is 11.6. The predicted molar refractivity (Wildman–Crippen MR) is 73.4 cm³/mol. The molecular weight excluding hydrogens is 246 g/mol. The van der Waals surface area contributed by atoms with Gasteiger partial charge in [-0.1, -0.05) is 12.1 Å². The van der Waals surface area contributed by atoms with E-state index in [2.05, 4.69) is 0 Å². The molecule has 0 aliphatic heterocycles. The highest BCUT2D eigenvalue weighted by Gasteiger charge is 2.13. The summed E-state index contributed by atoms with van der Waals surface area (Å²) in [5.74, 6) is 0.724. The van der Waals surface area contributed by atoms with Crippen molar-refractivity contribution in [3.05, 3.63) is 29.8 Å². The third-order valence-electron chi connectivity index (χ3n) is 2.94. The molecule has 2 N–H and O–H groups in total. The summed E-state index contributed by atoms with van der Waals surface area (Å²) in [6.07, 6.45) is -0.612. The molecule has 0 bridgehead atoms. The molecule has 0 aliphatic carbocycles. The number of benzene rings is 1. The number of methoxy groups -OCH3 is 2. The van der Waals surface area contributed by atoms with E-state index in [-0.39, 0.29) is 6.61 Å². The van der Waals surface area contributed by atoms with Gasteiger partial charge < -0.3 is 19.7 Å². The van der Waals surface area contributed by atoms with Crippen LogP contribution in [0.5, 0.6) is 5.75 Å². The van der Waals surface area contributed by atoms with Gasteiger partial charge in [-0.05, 0) is 17.7 Å². The Morgan fingerprint density at radius 2 is 2.05 bits per heavy atom. The van der Waals surface area contributed by atoms with Gasteiger partial charge in [-0.15, -0.1) is 0 Å². The second kappa shape index (κ2) is 8.87. The molecule has 0 spiro atoms. The van der Waals surface area contributed by atoms with Gasteiger partial charge in [-0.3, -0.25) is 4.90 Å². The van der Waals surface area contributed by atoms with Crippen molar-refractivity contribution >= 4 is 0 Å².